The fourth-order valence-corrected chi connectivity index (χ4v) is 3.73. The van der Waals surface area contributed by atoms with Gasteiger partial charge in [0, 0.05) is 25.3 Å². The minimum absolute atomic E-state index is 0.457. The molecule has 0 bridgehead atoms. The average molecular weight is 276 g/mol. The molecular weight excluding hydrogens is 248 g/mol. The first-order valence-electron chi connectivity index (χ1n) is 8.19. The Morgan fingerprint density at radius 1 is 1.30 bits per heavy atom. The summed E-state index contributed by atoms with van der Waals surface area (Å²) in [5.41, 5.74) is 7.06. The maximum atomic E-state index is 5.85. The predicted molar refractivity (Wildman–Crippen MR) is 81.4 cm³/mol. The molecule has 0 unspecified atom stereocenters. The summed E-state index contributed by atoms with van der Waals surface area (Å²) in [7, 11) is 2.20. The van der Waals surface area contributed by atoms with E-state index >= 15 is 0 Å². The van der Waals surface area contributed by atoms with Crippen LogP contribution >= 0.6 is 0 Å². The zero-order valence-electron chi connectivity index (χ0n) is 12.7. The predicted octanol–water partition coefficient (Wildman–Crippen LogP) is 2.56. The lowest BCUT2D eigenvalue weighted by atomic mass is 9.80. The molecule has 4 heteroatoms. The van der Waals surface area contributed by atoms with E-state index in [0.717, 1.165) is 19.0 Å². The van der Waals surface area contributed by atoms with Gasteiger partial charge in [-0.25, -0.2) is 0 Å². The lowest BCUT2D eigenvalue weighted by Gasteiger charge is -2.35. The molecule has 2 aliphatic carbocycles. The Bertz CT molecular complexity index is 416. The molecule has 2 aliphatic rings. The molecule has 1 aromatic heterocycles. The number of aromatic nitrogens is 2. The molecule has 4 nitrogen and oxygen atoms in total. The van der Waals surface area contributed by atoms with E-state index in [9.17, 15) is 0 Å². The molecule has 3 rings (SSSR count). The molecule has 1 heterocycles. The van der Waals surface area contributed by atoms with Gasteiger partial charge >= 0.3 is 0 Å². The normalized spacial score (nSPS) is 27.8. The van der Waals surface area contributed by atoms with Gasteiger partial charge in [-0.2, -0.15) is 5.10 Å². The van der Waals surface area contributed by atoms with Crippen LogP contribution in [0.4, 0.5) is 0 Å². The number of nitrogens with zero attached hydrogens (tertiary/aromatic N) is 3. The second-order valence-electron chi connectivity index (χ2n) is 6.87. The highest BCUT2D eigenvalue weighted by atomic mass is 15.3. The zero-order chi connectivity index (χ0) is 13.9. The molecule has 0 saturated heterocycles. The van der Waals surface area contributed by atoms with E-state index in [0.29, 0.717) is 12.1 Å². The standard InChI is InChI=1S/C16H28N4/c1-19(11-13-9-14(17)10-13)12-15-7-8-20(18-15)16-5-3-2-4-6-16/h7-8,13-14,16H,2-6,9-12,17H2,1H3. The summed E-state index contributed by atoms with van der Waals surface area (Å²) in [6, 6.07) is 3.30. The van der Waals surface area contributed by atoms with Crippen LogP contribution in [0.1, 0.15) is 56.7 Å². The second-order valence-corrected chi connectivity index (χ2v) is 6.87. The van der Waals surface area contributed by atoms with Crippen molar-refractivity contribution in [1.82, 2.24) is 14.7 Å². The van der Waals surface area contributed by atoms with Gasteiger partial charge in [-0.1, -0.05) is 19.3 Å². The van der Waals surface area contributed by atoms with E-state index in [2.05, 4.69) is 28.9 Å². The summed E-state index contributed by atoms with van der Waals surface area (Å²) < 4.78 is 2.21. The Balaban J connectivity index is 1.48. The number of hydrogen-bond acceptors (Lipinski definition) is 3. The Labute approximate surface area is 122 Å². The first-order valence-corrected chi connectivity index (χ1v) is 8.19. The molecule has 0 aliphatic heterocycles. The fraction of sp³-hybridized carbons (Fsp3) is 0.812. The van der Waals surface area contributed by atoms with E-state index in [-0.39, 0.29) is 0 Å². The molecule has 0 aromatic carbocycles. The van der Waals surface area contributed by atoms with Crippen LogP contribution < -0.4 is 5.73 Å². The molecular formula is C16H28N4. The van der Waals surface area contributed by atoms with Crippen LogP contribution in [0, 0.1) is 5.92 Å². The number of nitrogens with two attached hydrogens (primary N) is 1. The maximum absolute atomic E-state index is 5.85. The Hall–Kier alpha value is -0.870. The molecule has 2 fully saturated rings. The van der Waals surface area contributed by atoms with Crippen molar-refractivity contribution in [3.63, 3.8) is 0 Å². The third-order valence-corrected chi connectivity index (χ3v) is 4.89. The van der Waals surface area contributed by atoms with Gasteiger partial charge in [0.1, 0.15) is 0 Å². The van der Waals surface area contributed by atoms with Crippen LogP contribution in [-0.4, -0.2) is 34.3 Å². The number of rotatable bonds is 5. The summed E-state index contributed by atoms with van der Waals surface area (Å²) in [5.74, 6) is 0.801. The third kappa shape index (κ3) is 3.41. The summed E-state index contributed by atoms with van der Waals surface area (Å²) in [5, 5.41) is 4.79. The van der Waals surface area contributed by atoms with Gasteiger partial charge in [0.25, 0.3) is 0 Å². The SMILES string of the molecule is CN(Cc1ccn(C2CCCCC2)n1)CC1CC(N)C1. The Kier molecular flexibility index (Phi) is 4.41. The zero-order valence-corrected chi connectivity index (χ0v) is 12.7. The van der Waals surface area contributed by atoms with Gasteiger partial charge in [0.2, 0.25) is 0 Å². The van der Waals surface area contributed by atoms with Gasteiger partial charge < -0.3 is 10.6 Å². The molecule has 0 amide bonds. The van der Waals surface area contributed by atoms with Crippen molar-refractivity contribution in [2.24, 2.45) is 11.7 Å². The third-order valence-electron chi connectivity index (χ3n) is 4.89. The van der Waals surface area contributed by atoms with E-state index in [1.807, 2.05) is 0 Å². The molecule has 0 radical (unpaired) electrons. The maximum Gasteiger partial charge on any atom is 0.0764 e. The van der Waals surface area contributed by atoms with Crippen molar-refractivity contribution < 1.29 is 0 Å². The number of hydrogen-bond donors (Lipinski definition) is 1. The molecule has 0 atom stereocenters. The topological polar surface area (TPSA) is 47.1 Å². The van der Waals surface area contributed by atoms with Gasteiger partial charge in [-0.15, -0.1) is 0 Å². The van der Waals surface area contributed by atoms with Gasteiger partial charge in [0.15, 0.2) is 0 Å². The van der Waals surface area contributed by atoms with Crippen molar-refractivity contribution in [3.05, 3.63) is 18.0 Å². The Morgan fingerprint density at radius 2 is 2.05 bits per heavy atom. The quantitative estimate of drug-likeness (QED) is 0.899. The highest BCUT2D eigenvalue weighted by molar-refractivity contribution is 5.00. The largest absolute Gasteiger partial charge is 0.328 e. The summed E-state index contributed by atoms with van der Waals surface area (Å²) in [6.45, 7) is 2.12. The molecule has 0 spiro atoms. The van der Waals surface area contributed by atoms with E-state index in [1.165, 1.54) is 50.6 Å². The van der Waals surface area contributed by atoms with Crippen molar-refractivity contribution in [2.75, 3.05) is 13.6 Å². The van der Waals surface area contributed by atoms with Gasteiger partial charge in [-0.3, -0.25) is 4.68 Å². The van der Waals surface area contributed by atoms with Crippen LogP contribution in [0.2, 0.25) is 0 Å². The average Bonchev–Trinajstić information content (AvgIpc) is 2.86. The molecule has 2 N–H and O–H groups in total. The van der Waals surface area contributed by atoms with Crippen molar-refractivity contribution in [3.8, 4) is 0 Å². The first-order chi connectivity index (χ1) is 9.70. The van der Waals surface area contributed by atoms with E-state index < -0.39 is 0 Å². The van der Waals surface area contributed by atoms with Crippen LogP contribution in [-0.2, 0) is 6.54 Å². The smallest absolute Gasteiger partial charge is 0.0764 e. The lowest BCUT2D eigenvalue weighted by molar-refractivity contribution is 0.176. The van der Waals surface area contributed by atoms with Crippen LogP contribution in [0.25, 0.3) is 0 Å². The fourth-order valence-electron chi connectivity index (χ4n) is 3.73. The second kappa shape index (κ2) is 6.27. The van der Waals surface area contributed by atoms with Crippen molar-refractivity contribution in [1.29, 1.82) is 0 Å². The summed E-state index contributed by atoms with van der Waals surface area (Å²) in [4.78, 5) is 2.39. The highest BCUT2D eigenvalue weighted by Crippen LogP contribution is 2.28. The minimum Gasteiger partial charge on any atom is -0.328 e. The van der Waals surface area contributed by atoms with Gasteiger partial charge in [-0.05, 0) is 44.7 Å². The minimum atomic E-state index is 0.457. The lowest BCUT2D eigenvalue weighted by Crippen LogP contribution is -2.41. The molecule has 1 aromatic rings. The van der Waals surface area contributed by atoms with E-state index in [4.69, 9.17) is 10.8 Å². The highest BCUT2D eigenvalue weighted by Gasteiger charge is 2.26. The molecule has 20 heavy (non-hydrogen) atoms. The van der Waals surface area contributed by atoms with Gasteiger partial charge in [0.05, 0.1) is 11.7 Å². The Morgan fingerprint density at radius 3 is 2.75 bits per heavy atom. The molecule has 112 valence electrons. The van der Waals surface area contributed by atoms with E-state index in [1.54, 1.807) is 0 Å². The van der Waals surface area contributed by atoms with Crippen LogP contribution in [0.3, 0.4) is 0 Å². The first kappa shape index (κ1) is 14.1. The van der Waals surface area contributed by atoms with Crippen molar-refractivity contribution >= 4 is 0 Å². The monoisotopic (exact) mass is 276 g/mol. The summed E-state index contributed by atoms with van der Waals surface area (Å²) >= 11 is 0. The van der Waals surface area contributed by atoms with Crippen molar-refractivity contribution in [2.45, 2.75) is 63.6 Å². The van der Waals surface area contributed by atoms with Crippen LogP contribution in [0.15, 0.2) is 12.3 Å². The molecule has 2 saturated carbocycles. The van der Waals surface area contributed by atoms with Crippen LogP contribution in [0.5, 0.6) is 0 Å². The summed E-state index contributed by atoms with van der Waals surface area (Å²) in [6.07, 6.45) is 11.3.